The van der Waals surface area contributed by atoms with Crippen molar-refractivity contribution in [3.05, 3.63) is 106 Å². The van der Waals surface area contributed by atoms with Gasteiger partial charge in [-0.1, -0.05) is 74.0 Å². The predicted octanol–water partition coefficient (Wildman–Crippen LogP) is 5.95. The summed E-state index contributed by atoms with van der Waals surface area (Å²) >= 11 is 0. The van der Waals surface area contributed by atoms with E-state index in [1.165, 1.54) is 5.57 Å². The normalized spacial score (nSPS) is 12.4. The molecule has 5 rings (SSSR count). The first kappa shape index (κ1) is 25.7. The Bertz CT molecular complexity index is 1460. The standard InChI is InChI=1S/C28H27N5O2.C2H6/c34-27(31-18-20-10-5-2-6-11-20)21-12-7-13-23-25(21)33-26(32-23)24-22(15-17-30-28(24)35)29-16-14-19-8-3-1-4-9-19;1-2/h2-3,5-13,15,17H,1,4,14,16,18H2,(H,31,34)(H,32,33)(H2,29,30,35);1-2H3. The van der Waals surface area contributed by atoms with Crippen LogP contribution in [-0.4, -0.2) is 27.4 Å². The summed E-state index contributed by atoms with van der Waals surface area (Å²) in [7, 11) is 0. The van der Waals surface area contributed by atoms with Crippen molar-refractivity contribution in [2.24, 2.45) is 0 Å². The lowest BCUT2D eigenvalue weighted by Gasteiger charge is -2.11. The second-order valence-electron chi connectivity index (χ2n) is 8.49. The largest absolute Gasteiger partial charge is 0.384 e. The number of carbonyl (C=O) groups is 1. The van der Waals surface area contributed by atoms with Gasteiger partial charge in [-0.05, 0) is 43.0 Å². The second kappa shape index (κ2) is 12.5. The van der Waals surface area contributed by atoms with Crippen LogP contribution in [-0.2, 0) is 6.54 Å². The van der Waals surface area contributed by atoms with E-state index >= 15 is 0 Å². The molecule has 7 heteroatoms. The molecule has 0 bridgehead atoms. The van der Waals surface area contributed by atoms with Crippen LogP contribution in [0.3, 0.4) is 0 Å². The van der Waals surface area contributed by atoms with E-state index in [0.29, 0.717) is 46.8 Å². The number of amides is 1. The molecule has 0 fully saturated rings. The minimum Gasteiger partial charge on any atom is -0.384 e. The van der Waals surface area contributed by atoms with Gasteiger partial charge in [-0.25, -0.2) is 4.98 Å². The molecule has 0 unspecified atom stereocenters. The van der Waals surface area contributed by atoms with Gasteiger partial charge in [0.2, 0.25) is 0 Å². The Morgan fingerprint density at radius 2 is 1.86 bits per heavy atom. The van der Waals surface area contributed by atoms with E-state index in [1.54, 1.807) is 12.3 Å². The quantitative estimate of drug-likeness (QED) is 0.242. The molecule has 2 heterocycles. The molecule has 7 nitrogen and oxygen atoms in total. The minimum atomic E-state index is -0.249. The molecule has 0 aliphatic heterocycles. The number of aromatic amines is 2. The highest BCUT2D eigenvalue weighted by atomic mass is 16.1. The van der Waals surface area contributed by atoms with Crippen molar-refractivity contribution < 1.29 is 4.79 Å². The minimum absolute atomic E-state index is 0.216. The van der Waals surface area contributed by atoms with Gasteiger partial charge in [0.25, 0.3) is 11.5 Å². The monoisotopic (exact) mass is 495 g/mol. The van der Waals surface area contributed by atoms with Crippen molar-refractivity contribution in [3.8, 4) is 11.4 Å². The number of H-pyrrole nitrogens is 2. The molecule has 190 valence electrons. The van der Waals surface area contributed by atoms with Crippen LogP contribution < -0.4 is 16.2 Å². The number of hydrogen-bond acceptors (Lipinski definition) is 4. The predicted molar refractivity (Wildman–Crippen MR) is 151 cm³/mol. The number of para-hydroxylation sites is 1. The molecule has 2 aromatic heterocycles. The fraction of sp³-hybridized carbons (Fsp3) is 0.233. The molecule has 2 aromatic carbocycles. The molecule has 1 aliphatic rings. The smallest absolute Gasteiger partial charge is 0.261 e. The highest BCUT2D eigenvalue weighted by Crippen LogP contribution is 2.26. The third-order valence-corrected chi connectivity index (χ3v) is 6.05. The molecule has 4 aromatic rings. The Kier molecular flexibility index (Phi) is 8.70. The van der Waals surface area contributed by atoms with Crippen molar-refractivity contribution in [1.29, 1.82) is 0 Å². The number of hydrogen-bond donors (Lipinski definition) is 4. The van der Waals surface area contributed by atoms with Crippen LogP contribution in [0.2, 0.25) is 0 Å². The molecule has 4 N–H and O–H groups in total. The van der Waals surface area contributed by atoms with Crippen molar-refractivity contribution >= 4 is 22.6 Å². The number of imidazole rings is 1. The summed E-state index contributed by atoms with van der Waals surface area (Å²) in [5.74, 6) is 0.205. The number of rotatable bonds is 8. The van der Waals surface area contributed by atoms with Crippen molar-refractivity contribution in [2.45, 2.75) is 39.7 Å². The molecule has 0 atom stereocenters. The van der Waals surface area contributed by atoms with E-state index in [1.807, 2.05) is 62.4 Å². The Labute approximate surface area is 216 Å². The van der Waals surface area contributed by atoms with E-state index in [2.05, 4.69) is 43.8 Å². The number of pyridine rings is 1. The summed E-state index contributed by atoms with van der Waals surface area (Å²) in [4.78, 5) is 36.4. The highest BCUT2D eigenvalue weighted by molar-refractivity contribution is 6.05. The third kappa shape index (κ3) is 6.25. The molecule has 0 spiro atoms. The van der Waals surface area contributed by atoms with Crippen LogP contribution >= 0.6 is 0 Å². The number of aromatic nitrogens is 3. The fourth-order valence-electron chi connectivity index (χ4n) is 4.26. The molecule has 0 radical (unpaired) electrons. The molecule has 0 saturated carbocycles. The van der Waals surface area contributed by atoms with Crippen molar-refractivity contribution in [3.63, 3.8) is 0 Å². The van der Waals surface area contributed by atoms with Gasteiger partial charge in [0, 0.05) is 19.3 Å². The van der Waals surface area contributed by atoms with E-state index in [9.17, 15) is 9.59 Å². The molecule has 1 amide bonds. The number of nitrogens with zero attached hydrogens (tertiary/aromatic N) is 1. The van der Waals surface area contributed by atoms with Gasteiger partial charge in [0.05, 0.1) is 16.8 Å². The lowest BCUT2D eigenvalue weighted by atomic mass is 10.0. The topological polar surface area (TPSA) is 103 Å². The maximum atomic E-state index is 12.9. The molecular weight excluding hydrogens is 462 g/mol. The van der Waals surface area contributed by atoms with Gasteiger partial charge in [0.15, 0.2) is 0 Å². The van der Waals surface area contributed by atoms with Crippen LogP contribution in [0.1, 0.15) is 49.0 Å². The van der Waals surface area contributed by atoms with E-state index in [-0.39, 0.29) is 11.5 Å². The Morgan fingerprint density at radius 3 is 2.65 bits per heavy atom. The number of anilines is 1. The van der Waals surface area contributed by atoms with Gasteiger partial charge in [-0.15, -0.1) is 0 Å². The molecular formula is C30H33N5O2. The SMILES string of the molecule is CC.O=C(NCc1ccccc1)c1cccc2[nH]c(-c3c(NCCC4=CCCC=C4)cc[nH]c3=O)nc12. The van der Waals surface area contributed by atoms with Crippen LogP contribution in [0.4, 0.5) is 5.69 Å². The van der Waals surface area contributed by atoms with Crippen molar-refractivity contribution in [2.75, 3.05) is 11.9 Å². The van der Waals surface area contributed by atoms with Crippen LogP contribution in [0.5, 0.6) is 0 Å². The average Bonchev–Trinajstić information content (AvgIpc) is 3.38. The molecule has 37 heavy (non-hydrogen) atoms. The third-order valence-electron chi connectivity index (χ3n) is 6.05. The first-order valence-corrected chi connectivity index (χ1v) is 12.8. The van der Waals surface area contributed by atoms with Gasteiger partial charge in [0.1, 0.15) is 16.9 Å². The lowest BCUT2D eigenvalue weighted by molar-refractivity contribution is 0.0952. The number of carbonyl (C=O) groups excluding carboxylic acids is 1. The first-order valence-electron chi connectivity index (χ1n) is 12.8. The maximum absolute atomic E-state index is 12.9. The number of nitrogens with one attached hydrogen (secondary N) is 4. The highest BCUT2D eigenvalue weighted by Gasteiger charge is 2.18. The van der Waals surface area contributed by atoms with Crippen LogP contribution in [0.15, 0.2) is 89.4 Å². The zero-order valence-corrected chi connectivity index (χ0v) is 21.3. The van der Waals surface area contributed by atoms with Gasteiger partial charge >= 0.3 is 0 Å². The average molecular weight is 496 g/mol. The summed E-state index contributed by atoms with van der Waals surface area (Å²) < 4.78 is 0. The zero-order chi connectivity index (χ0) is 26.0. The number of benzene rings is 2. The first-order chi connectivity index (χ1) is 18.2. The second-order valence-corrected chi connectivity index (χ2v) is 8.49. The van der Waals surface area contributed by atoms with Crippen molar-refractivity contribution in [1.82, 2.24) is 20.3 Å². The van der Waals surface area contributed by atoms with Gasteiger partial charge < -0.3 is 20.6 Å². The molecule has 0 saturated heterocycles. The fourth-order valence-corrected chi connectivity index (χ4v) is 4.26. The van der Waals surface area contributed by atoms with Gasteiger partial charge in [-0.2, -0.15) is 0 Å². The zero-order valence-electron chi connectivity index (χ0n) is 21.3. The Hall–Kier alpha value is -4.39. The summed E-state index contributed by atoms with van der Waals surface area (Å²) in [6, 6.07) is 17.0. The lowest BCUT2D eigenvalue weighted by Crippen LogP contribution is -2.23. The van der Waals surface area contributed by atoms with Gasteiger partial charge in [-0.3, -0.25) is 9.59 Å². The maximum Gasteiger partial charge on any atom is 0.261 e. The summed E-state index contributed by atoms with van der Waals surface area (Å²) in [5, 5.41) is 6.34. The number of allylic oxidation sites excluding steroid dienone is 3. The number of fused-ring (bicyclic) bond motifs is 1. The summed E-state index contributed by atoms with van der Waals surface area (Å²) in [5.41, 5.74) is 4.86. The summed E-state index contributed by atoms with van der Waals surface area (Å²) in [6.07, 6.45) is 11.3. The summed E-state index contributed by atoms with van der Waals surface area (Å²) in [6.45, 7) is 5.12. The Balaban J connectivity index is 0.00000156. The van der Waals surface area contributed by atoms with E-state index in [4.69, 9.17) is 0 Å². The van der Waals surface area contributed by atoms with Crippen LogP contribution in [0.25, 0.3) is 22.4 Å². The molecule has 1 aliphatic carbocycles. The van der Waals surface area contributed by atoms with E-state index < -0.39 is 0 Å². The van der Waals surface area contributed by atoms with Crippen LogP contribution in [0, 0.1) is 0 Å². The Morgan fingerprint density at radius 1 is 1.03 bits per heavy atom. The van der Waals surface area contributed by atoms with E-state index in [0.717, 1.165) is 24.8 Å².